The van der Waals surface area contributed by atoms with Crippen LogP contribution in [0.5, 0.6) is 23.0 Å². The first-order valence-electron chi connectivity index (χ1n) is 9.30. The van der Waals surface area contributed by atoms with Crippen LogP contribution in [0.2, 0.25) is 0 Å². The molecule has 0 saturated heterocycles. The quantitative estimate of drug-likeness (QED) is 0.642. The van der Waals surface area contributed by atoms with Crippen molar-refractivity contribution in [3.05, 3.63) is 48.5 Å². The first-order valence-corrected chi connectivity index (χ1v) is 9.30. The molecule has 0 unspecified atom stereocenters. The van der Waals surface area contributed by atoms with Crippen LogP contribution in [0.4, 0.5) is 0 Å². The van der Waals surface area contributed by atoms with Gasteiger partial charge in [-0.05, 0) is 43.3 Å². The summed E-state index contributed by atoms with van der Waals surface area (Å²) in [5, 5.41) is 2.65. The number of esters is 1. The summed E-state index contributed by atoms with van der Waals surface area (Å²) >= 11 is 0. The lowest BCUT2D eigenvalue weighted by Gasteiger charge is -2.26. The number of amides is 1. The van der Waals surface area contributed by atoms with Gasteiger partial charge in [-0.1, -0.05) is 12.1 Å². The van der Waals surface area contributed by atoms with Crippen LogP contribution in [0.15, 0.2) is 48.5 Å². The minimum atomic E-state index is -0.639. The van der Waals surface area contributed by atoms with Crippen LogP contribution < -0.4 is 24.3 Å². The third-order valence-corrected chi connectivity index (χ3v) is 3.95. The predicted octanol–water partition coefficient (Wildman–Crippen LogP) is 1.96. The van der Waals surface area contributed by atoms with Crippen molar-refractivity contribution in [3.63, 3.8) is 0 Å². The molecule has 8 heteroatoms. The minimum absolute atomic E-state index is 0.243. The van der Waals surface area contributed by atoms with E-state index >= 15 is 0 Å². The summed E-state index contributed by atoms with van der Waals surface area (Å²) in [4.78, 5) is 23.6. The smallest absolute Gasteiger partial charge is 0.344 e. The highest BCUT2D eigenvalue weighted by molar-refractivity contribution is 5.80. The van der Waals surface area contributed by atoms with Crippen LogP contribution in [0.3, 0.4) is 0 Å². The number of fused-ring (bicyclic) bond motifs is 1. The average Bonchev–Trinajstić information content (AvgIpc) is 2.76. The minimum Gasteiger partial charge on any atom is -0.494 e. The zero-order valence-electron chi connectivity index (χ0n) is 16.1. The first kappa shape index (κ1) is 20.3. The maximum absolute atomic E-state index is 11.9. The highest BCUT2D eigenvalue weighted by Gasteiger charge is 2.21. The fourth-order valence-corrected chi connectivity index (χ4v) is 2.57. The number of benzene rings is 2. The summed E-state index contributed by atoms with van der Waals surface area (Å²) in [6.07, 6.45) is -0.312. The number of hydrogen-bond acceptors (Lipinski definition) is 7. The van der Waals surface area contributed by atoms with E-state index in [9.17, 15) is 9.59 Å². The topological polar surface area (TPSA) is 92.3 Å². The summed E-state index contributed by atoms with van der Waals surface area (Å²) in [5.74, 6) is 1.47. The number of para-hydroxylation sites is 2. The number of carbonyl (C=O) groups is 2. The second-order valence-electron chi connectivity index (χ2n) is 6.16. The molecule has 0 saturated carbocycles. The van der Waals surface area contributed by atoms with E-state index < -0.39 is 18.5 Å². The van der Waals surface area contributed by atoms with Crippen LogP contribution in [0.1, 0.15) is 6.92 Å². The lowest BCUT2D eigenvalue weighted by molar-refractivity contribution is -0.150. The van der Waals surface area contributed by atoms with Crippen molar-refractivity contribution in [1.82, 2.24) is 5.32 Å². The van der Waals surface area contributed by atoms with Gasteiger partial charge < -0.3 is 29.0 Å². The van der Waals surface area contributed by atoms with Gasteiger partial charge in [0.1, 0.15) is 24.2 Å². The molecule has 1 N–H and O–H groups in total. The van der Waals surface area contributed by atoms with Gasteiger partial charge in [-0.15, -0.1) is 0 Å². The number of carbonyl (C=O) groups excluding carboxylic acids is 2. The van der Waals surface area contributed by atoms with E-state index in [4.69, 9.17) is 23.7 Å². The molecule has 1 amide bonds. The van der Waals surface area contributed by atoms with E-state index in [0.29, 0.717) is 30.5 Å². The van der Waals surface area contributed by atoms with Crippen molar-refractivity contribution in [2.24, 2.45) is 0 Å². The van der Waals surface area contributed by atoms with Crippen LogP contribution >= 0.6 is 0 Å². The molecule has 2 aromatic carbocycles. The van der Waals surface area contributed by atoms with Gasteiger partial charge in [0, 0.05) is 0 Å². The second kappa shape index (κ2) is 10.2. The third kappa shape index (κ3) is 6.31. The van der Waals surface area contributed by atoms with Gasteiger partial charge in [0.05, 0.1) is 13.2 Å². The van der Waals surface area contributed by atoms with E-state index in [2.05, 4.69) is 5.32 Å². The molecule has 3 rings (SSSR count). The Hall–Kier alpha value is -3.42. The van der Waals surface area contributed by atoms with Gasteiger partial charge in [0.15, 0.2) is 24.7 Å². The van der Waals surface area contributed by atoms with Crippen LogP contribution in [-0.4, -0.2) is 51.0 Å². The van der Waals surface area contributed by atoms with Crippen LogP contribution in [-0.2, 0) is 14.3 Å². The van der Waals surface area contributed by atoms with Crippen molar-refractivity contribution in [1.29, 1.82) is 0 Å². The summed E-state index contributed by atoms with van der Waals surface area (Å²) in [5.41, 5.74) is 0. The van der Waals surface area contributed by atoms with Gasteiger partial charge in [0.2, 0.25) is 0 Å². The Balaban J connectivity index is 1.31. The number of ether oxygens (including phenoxy) is 5. The molecule has 0 radical (unpaired) electrons. The zero-order chi connectivity index (χ0) is 20.5. The molecule has 8 nitrogen and oxygen atoms in total. The predicted molar refractivity (Wildman–Crippen MR) is 103 cm³/mol. The van der Waals surface area contributed by atoms with E-state index in [1.165, 1.54) is 0 Å². The lowest BCUT2D eigenvalue weighted by atomic mass is 10.2. The Labute approximate surface area is 168 Å². The van der Waals surface area contributed by atoms with Gasteiger partial charge in [0.25, 0.3) is 5.91 Å². The molecule has 0 aromatic heterocycles. The van der Waals surface area contributed by atoms with E-state index in [1.54, 1.807) is 30.3 Å². The van der Waals surface area contributed by atoms with Crippen LogP contribution in [0.25, 0.3) is 0 Å². The van der Waals surface area contributed by atoms with Crippen molar-refractivity contribution in [2.45, 2.75) is 13.0 Å². The Morgan fingerprint density at radius 3 is 2.41 bits per heavy atom. The normalized spacial score (nSPS) is 14.6. The van der Waals surface area contributed by atoms with Gasteiger partial charge >= 0.3 is 5.97 Å². The lowest BCUT2D eigenvalue weighted by Crippen LogP contribution is -2.42. The Kier molecular flexibility index (Phi) is 7.16. The molecule has 0 aliphatic carbocycles. The molecule has 0 spiro atoms. The van der Waals surface area contributed by atoms with Crippen molar-refractivity contribution in [2.75, 3.05) is 33.0 Å². The second-order valence-corrected chi connectivity index (χ2v) is 6.16. The molecule has 29 heavy (non-hydrogen) atoms. The first-order chi connectivity index (χ1) is 14.1. The molecular weight excluding hydrogens is 378 g/mol. The summed E-state index contributed by atoms with van der Waals surface area (Å²) in [6, 6.07) is 14.2. The number of nitrogens with one attached hydrogen (secondary N) is 1. The Bertz CT molecular complexity index is 822. The fourth-order valence-electron chi connectivity index (χ4n) is 2.57. The molecule has 1 heterocycles. The maximum Gasteiger partial charge on any atom is 0.344 e. The number of rotatable bonds is 9. The highest BCUT2D eigenvalue weighted by Crippen LogP contribution is 2.30. The van der Waals surface area contributed by atoms with Crippen molar-refractivity contribution < 1.29 is 33.3 Å². The molecular formula is C21H23NO7. The standard InChI is InChI=1S/C21H23NO7/c1-2-25-15-7-9-16(10-8-15)26-14-21(24)28-13-20(23)22-11-17-12-27-18-5-3-4-6-19(18)29-17/h3-10,17H,2,11-14H2,1H3,(H,22,23)/t17-/m1/s1. The SMILES string of the molecule is CCOc1ccc(OCC(=O)OCC(=O)NC[C@@H]2COc3ccccc3O2)cc1. The molecule has 154 valence electrons. The fraction of sp³-hybridized carbons (Fsp3) is 0.333. The molecule has 0 bridgehead atoms. The third-order valence-electron chi connectivity index (χ3n) is 3.95. The molecule has 0 fully saturated rings. The van der Waals surface area contributed by atoms with Crippen molar-refractivity contribution in [3.8, 4) is 23.0 Å². The van der Waals surface area contributed by atoms with E-state index in [0.717, 1.165) is 5.75 Å². The van der Waals surface area contributed by atoms with Gasteiger partial charge in [-0.2, -0.15) is 0 Å². The molecule has 1 aliphatic heterocycles. The van der Waals surface area contributed by atoms with E-state index in [-0.39, 0.29) is 19.3 Å². The van der Waals surface area contributed by atoms with Gasteiger partial charge in [-0.25, -0.2) is 4.79 Å². The molecule has 2 aromatic rings. The van der Waals surface area contributed by atoms with Gasteiger partial charge in [-0.3, -0.25) is 4.79 Å². The summed E-state index contributed by atoms with van der Waals surface area (Å²) in [6.45, 7) is 2.35. The monoisotopic (exact) mass is 401 g/mol. The van der Waals surface area contributed by atoms with E-state index in [1.807, 2.05) is 25.1 Å². The highest BCUT2D eigenvalue weighted by atomic mass is 16.6. The summed E-state index contributed by atoms with van der Waals surface area (Å²) < 4.78 is 26.9. The zero-order valence-corrected chi connectivity index (χ0v) is 16.1. The Morgan fingerprint density at radius 2 is 1.69 bits per heavy atom. The average molecular weight is 401 g/mol. The van der Waals surface area contributed by atoms with Crippen LogP contribution in [0, 0.1) is 0 Å². The Morgan fingerprint density at radius 1 is 1.00 bits per heavy atom. The molecule has 1 atom stereocenters. The largest absolute Gasteiger partial charge is 0.494 e. The summed E-state index contributed by atoms with van der Waals surface area (Å²) in [7, 11) is 0. The maximum atomic E-state index is 11.9. The van der Waals surface area contributed by atoms with Crippen molar-refractivity contribution >= 4 is 11.9 Å². The molecule has 1 aliphatic rings. The number of hydrogen-bond donors (Lipinski definition) is 1.